The van der Waals surface area contributed by atoms with E-state index in [1.54, 1.807) is 6.20 Å². The molecule has 2 N–H and O–H groups in total. The minimum atomic E-state index is 0.773. The summed E-state index contributed by atoms with van der Waals surface area (Å²) in [5.41, 5.74) is 9.69. The largest absolute Gasteiger partial charge is 0.399 e. The zero-order chi connectivity index (χ0) is 11.7. The number of hydrogen-bond acceptors (Lipinski definition) is 3. The number of aliphatic imine (C=N–C) groups is 1. The summed E-state index contributed by atoms with van der Waals surface area (Å²) < 4.78 is 0. The molecule has 0 fully saturated rings. The van der Waals surface area contributed by atoms with Crippen molar-refractivity contribution in [3.8, 4) is 0 Å². The minimum absolute atomic E-state index is 0.773. The molecular weight excluding hydrogens is 210 g/mol. The number of pyridine rings is 1. The van der Waals surface area contributed by atoms with Gasteiger partial charge in [-0.2, -0.15) is 0 Å². The van der Waals surface area contributed by atoms with Crippen molar-refractivity contribution in [2.75, 3.05) is 5.73 Å². The Hall–Kier alpha value is -2.42. The molecule has 1 aliphatic heterocycles. The van der Waals surface area contributed by atoms with Crippen molar-refractivity contribution in [2.24, 2.45) is 4.99 Å². The number of benzene rings is 1. The van der Waals surface area contributed by atoms with Crippen molar-refractivity contribution in [1.82, 2.24) is 4.98 Å². The predicted molar refractivity (Wildman–Crippen MR) is 71.1 cm³/mol. The predicted octanol–water partition coefficient (Wildman–Crippen LogP) is 2.92. The van der Waals surface area contributed by atoms with Gasteiger partial charge in [0.05, 0.1) is 0 Å². The number of nitrogen functional groups attached to an aromatic ring is 1. The molecule has 3 nitrogen and oxygen atoms in total. The first kappa shape index (κ1) is 9.78. The molecule has 1 aromatic heterocycles. The van der Waals surface area contributed by atoms with Gasteiger partial charge in [-0.05, 0) is 35.9 Å². The Kier molecular flexibility index (Phi) is 2.22. The molecular formula is C14H11N3. The lowest BCUT2D eigenvalue weighted by molar-refractivity contribution is 1.28. The summed E-state index contributed by atoms with van der Waals surface area (Å²) in [7, 11) is 0. The lowest BCUT2D eigenvalue weighted by Gasteiger charge is -1.99. The maximum atomic E-state index is 5.65. The van der Waals surface area contributed by atoms with Crippen molar-refractivity contribution >= 4 is 29.4 Å². The van der Waals surface area contributed by atoms with E-state index < -0.39 is 0 Å². The summed E-state index contributed by atoms with van der Waals surface area (Å²) in [4.78, 5) is 8.47. The number of fused-ring (bicyclic) bond motifs is 1. The monoisotopic (exact) mass is 221 g/mol. The second-order valence-electron chi connectivity index (χ2n) is 3.90. The first-order chi connectivity index (χ1) is 8.33. The highest BCUT2D eigenvalue weighted by atomic mass is 14.9. The summed E-state index contributed by atoms with van der Waals surface area (Å²) in [6, 6.07) is 11.7. The number of aromatic nitrogens is 1. The summed E-state index contributed by atoms with van der Waals surface area (Å²) in [6.45, 7) is 0. The van der Waals surface area contributed by atoms with Crippen LogP contribution in [-0.2, 0) is 0 Å². The second kappa shape index (κ2) is 3.87. The van der Waals surface area contributed by atoms with E-state index in [-0.39, 0.29) is 0 Å². The van der Waals surface area contributed by atoms with Gasteiger partial charge in [0.1, 0.15) is 0 Å². The zero-order valence-electron chi connectivity index (χ0n) is 9.17. The number of nitrogens with two attached hydrogens (primary N) is 1. The van der Waals surface area contributed by atoms with Crippen LogP contribution in [0.1, 0.15) is 11.1 Å². The molecule has 0 aliphatic carbocycles. The number of anilines is 1. The van der Waals surface area contributed by atoms with E-state index in [1.807, 2.05) is 42.6 Å². The Labute approximate surface area is 99.3 Å². The highest BCUT2D eigenvalue weighted by Crippen LogP contribution is 2.30. The lowest BCUT2D eigenvalue weighted by atomic mass is 10.1. The van der Waals surface area contributed by atoms with Gasteiger partial charge in [-0.3, -0.25) is 0 Å². The van der Waals surface area contributed by atoms with Crippen LogP contribution in [0.15, 0.2) is 47.6 Å². The maximum Gasteiger partial charge on any atom is 0.159 e. The first-order valence-corrected chi connectivity index (χ1v) is 5.40. The zero-order valence-corrected chi connectivity index (χ0v) is 9.17. The summed E-state index contributed by atoms with van der Waals surface area (Å²) >= 11 is 0. The van der Waals surface area contributed by atoms with E-state index >= 15 is 0 Å². The number of nitrogens with zero attached hydrogens (tertiary/aromatic N) is 2. The van der Waals surface area contributed by atoms with Crippen molar-refractivity contribution in [3.05, 3.63) is 53.7 Å². The standard InChI is InChI=1S/C14H11N3/c15-12-5-3-10(4-6-12)8-11-9-17-14-13(11)2-1-7-16-14/h1-9H,15H2. The van der Waals surface area contributed by atoms with Crippen LogP contribution in [0.2, 0.25) is 0 Å². The van der Waals surface area contributed by atoms with Gasteiger partial charge < -0.3 is 5.73 Å². The molecule has 0 unspecified atom stereocenters. The molecule has 0 amide bonds. The van der Waals surface area contributed by atoms with Gasteiger partial charge in [0.15, 0.2) is 5.82 Å². The van der Waals surface area contributed by atoms with E-state index in [2.05, 4.69) is 16.1 Å². The van der Waals surface area contributed by atoms with Gasteiger partial charge in [-0.15, -0.1) is 0 Å². The van der Waals surface area contributed by atoms with Gasteiger partial charge in [-0.25, -0.2) is 9.98 Å². The average molecular weight is 221 g/mol. The maximum absolute atomic E-state index is 5.65. The highest BCUT2D eigenvalue weighted by Gasteiger charge is 2.11. The van der Waals surface area contributed by atoms with Crippen LogP contribution in [0.3, 0.4) is 0 Å². The van der Waals surface area contributed by atoms with Gasteiger partial charge in [0.2, 0.25) is 0 Å². The Balaban J connectivity index is 2.02. The van der Waals surface area contributed by atoms with Crippen molar-refractivity contribution in [2.45, 2.75) is 0 Å². The molecule has 2 heterocycles. The minimum Gasteiger partial charge on any atom is -0.399 e. The fraction of sp³-hybridized carbons (Fsp3) is 0. The van der Waals surface area contributed by atoms with Gasteiger partial charge in [0, 0.05) is 29.2 Å². The summed E-state index contributed by atoms with van der Waals surface area (Å²) in [5.74, 6) is 0.786. The Morgan fingerprint density at radius 3 is 2.71 bits per heavy atom. The molecule has 0 radical (unpaired) electrons. The van der Waals surface area contributed by atoms with Crippen LogP contribution in [0.25, 0.3) is 11.6 Å². The third-order valence-electron chi connectivity index (χ3n) is 2.68. The second-order valence-corrected chi connectivity index (χ2v) is 3.90. The molecule has 1 aliphatic rings. The van der Waals surface area contributed by atoms with Crippen molar-refractivity contribution in [3.63, 3.8) is 0 Å². The lowest BCUT2D eigenvalue weighted by Crippen LogP contribution is -1.84. The highest BCUT2D eigenvalue weighted by molar-refractivity contribution is 6.20. The quantitative estimate of drug-likeness (QED) is 0.753. The van der Waals surface area contributed by atoms with Crippen molar-refractivity contribution in [1.29, 1.82) is 0 Å². The Bertz CT molecular complexity index is 610. The molecule has 3 rings (SSSR count). The van der Waals surface area contributed by atoms with Gasteiger partial charge in [-0.1, -0.05) is 12.1 Å². The molecule has 0 spiro atoms. The summed E-state index contributed by atoms with van der Waals surface area (Å²) in [6.07, 6.45) is 5.67. The SMILES string of the molecule is Nc1ccc(C=C2C=Nc3ncccc32)cc1. The topological polar surface area (TPSA) is 51.3 Å². The third-order valence-corrected chi connectivity index (χ3v) is 2.68. The van der Waals surface area contributed by atoms with Crippen LogP contribution in [-0.4, -0.2) is 11.2 Å². The van der Waals surface area contributed by atoms with E-state index in [9.17, 15) is 0 Å². The molecule has 0 saturated carbocycles. The molecule has 17 heavy (non-hydrogen) atoms. The Morgan fingerprint density at radius 2 is 1.88 bits per heavy atom. The first-order valence-electron chi connectivity index (χ1n) is 5.40. The van der Waals surface area contributed by atoms with Crippen LogP contribution in [0, 0.1) is 0 Å². The fourth-order valence-corrected chi connectivity index (χ4v) is 1.81. The Morgan fingerprint density at radius 1 is 1.06 bits per heavy atom. The molecule has 1 aromatic carbocycles. The van der Waals surface area contributed by atoms with E-state index in [0.29, 0.717) is 0 Å². The van der Waals surface area contributed by atoms with Gasteiger partial charge >= 0.3 is 0 Å². The van der Waals surface area contributed by atoms with Crippen molar-refractivity contribution < 1.29 is 0 Å². The van der Waals surface area contributed by atoms with E-state index in [0.717, 1.165) is 28.2 Å². The fourth-order valence-electron chi connectivity index (χ4n) is 1.81. The molecule has 2 aromatic rings. The molecule has 82 valence electrons. The van der Waals surface area contributed by atoms with Crippen LogP contribution in [0.5, 0.6) is 0 Å². The summed E-state index contributed by atoms with van der Waals surface area (Å²) in [5, 5.41) is 0. The van der Waals surface area contributed by atoms with Gasteiger partial charge in [0.25, 0.3) is 0 Å². The average Bonchev–Trinajstić information content (AvgIpc) is 2.76. The number of hydrogen-bond donors (Lipinski definition) is 1. The molecule has 0 bridgehead atoms. The molecule has 0 saturated heterocycles. The normalized spacial score (nSPS) is 15.2. The van der Waals surface area contributed by atoms with E-state index in [4.69, 9.17) is 5.73 Å². The van der Waals surface area contributed by atoms with Crippen LogP contribution in [0.4, 0.5) is 11.5 Å². The number of rotatable bonds is 1. The van der Waals surface area contributed by atoms with Crippen LogP contribution < -0.4 is 5.73 Å². The smallest absolute Gasteiger partial charge is 0.159 e. The third kappa shape index (κ3) is 1.83. The molecule has 3 heteroatoms. The molecule has 0 atom stereocenters. The number of allylic oxidation sites excluding steroid dienone is 1. The van der Waals surface area contributed by atoms with Crippen LogP contribution >= 0.6 is 0 Å². The van der Waals surface area contributed by atoms with E-state index in [1.165, 1.54) is 0 Å².